The van der Waals surface area contributed by atoms with Crippen molar-refractivity contribution in [3.8, 4) is 0 Å². The quantitative estimate of drug-likeness (QED) is 0.891. The van der Waals surface area contributed by atoms with Crippen molar-refractivity contribution in [1.29, 1.82) is 0 Å². The molecule has 0 radical (unpaired) electrons. The summed E-state index contributed by atoms with van der Waals surface area (Å²) in [6, 6.07) is 0.224. The first-order valence-electron chi connectivity index (χ1n) is 7.10. The van der Waals surface area contributed by atoms with Gasteiger partial charge in [-0.2, -0.15) is 5.10 Å². The van der Waals surface area contributed by atoms with Crippen LogP contribution in [0.4, 0.5) is 0 Å². The number of aryl methyl sites for hydroxylation is 2. The van der Waals surface area contributed by atoms with Crippen molar-refractivity contribution in [2.45, 2.75) is 39.2 Å². The molecule has 0 spiro atoms. The van der Waals surface area contributed by atoms with E-state index in [0.29, 0.717) is 5.92 Å². The first kappa shape index (κ1) is 14.1. The summed E-state index contributed by atoms with van der Waals surface area (Å²) in [5, 5.41) is 4.34. The molecular weight excluding hydrogens is 240 g/mol. The van der Waals surface area contributed by atoms with E-state index in [0.717, 1.165) is 43.6 Å². The molecule has 1 unspecified atom stereocenters. The Morgan fingerprint density at radius 2 is 2.16 bits per heavy atom. The molecule has 1 fully saturated rings. The van der Waals surface area contributed by atoms with Crippen molar-refractivity contribution < 1.29 is 4.79 Å². The van der Waals surface area contributed by atoms with E-state index in [-0.39, 0.29) is 11.9 Å². The van der Waals surface area contributed by atoms with Crippen LogP contribution < -0.4 is 5.73 Å². The third-order valence-corrected chi connectivity index (χ3v) is 4.04. The molecule has 1 aliphatic rings. The molecule has 1 aromatic rings. The van der Waals surface area contributed by atoms with Crippen LogP contribution in [0.5, 0.6) is 0 Å². The number of piperidine rings is 1. The Labute approximate surface area is 114 Å². The number of aromatic nitrogens is 2. The molecule has 1 amide bonds. The van der Waals surface area contributed by atoms with Crippen LogP contribution in [0.2, 0.25) is 0 Å². The molecule has 2 heterocycles. The zero-order valence-electron chi connectivity index (χ0n) is 12.1. The second-order valence-corrected chi connectivity index (χ2v) is 5.51. The van der Waals surface area contributed by atoms with Crippen molar-refractivity contribution in [1.82, 2.24) is 14.7 Å². The number of likely N-dealkylation sites (tertiary alicyclic amines) is 1. The summed E-state index contributed by atoms with van der Waals surface area (Å²) < 4.78 is 1.72. The average molecular weight is 264 g/mol. The van der Waals surface area contributed by atoms with E-state index in [1.807, 2.05) is 25.1 Å². The molecule has 5 heteroatoms. The third-order valence-electron chi connectivity index (χ3n) is 4.04. The first-order valence-corrected chi connectivity index (χ1v) is 7.10. The summed E-state index contributed by atoms with van der Waals surface area (Å²) in [6.45, 7) is 5.70. The van der Waals surface area contributed by atoms with Gasteiger partial charge in [0.15, 0.2) is 0 Å². The lowest BCUT2D eigenvalue weighted by Crippen LogP contribution is -2.42. The lowest BCUT2D eigenvalue weighted by atomic mass is 9.90. The minimum atomic E-state index is 0.119. The molecule has 1 aromatic heterocycles. The topological polar surface area (TPSA) is 64.2 Å². The summed E-state index contributed by atoms with van der Waals surface area (Å²) in [7, 11) is 1.86. The van der Waals surface area contributed by atoms with Crippen molar-refractivity contribution in [2.24, 2.45) is 18.7 Å². The fraction of sp³-hybridized carbons (Fsp3) is 0.714. The molecule has 1 saturated heterocycles. The average Bonchev–Trinajstić information content (AvgIpc) is 2.79. The second kappa shape index (κ2) is 5.74. The largest absolute Gasteiger partial charge is 0.339 e. The Hall–Kier alpha value is -1.36. The summed E-state index contributed by atoms with van der Waals surface area (Å²) in [5.74, 6) is 0.664. The SMILES string of the molecule is CCc1nn(C)cc1C(=O)N1CCC(C(C)N)CC1. The molecule has 0 bridgehead atoms. The molecule has 0 aromatic carbocycles. The maximum atomic E-state index is 12.5. The Morgan fingerprint density at radius 1 is 1.53 bits per heavy atom. The van der Waals surface area contributed by atoms with E-state index in [9.17, 15) is 4.79 Å². The number of rotatable bonds is 3. The van der Waals surface area contributed by atoms with E-state index < -0.39 is 0 Å². The van der Waals surface area contributed by atoms with Crippen LogP contribution in [0.25, 0.3) is 0 Å². The van der Waals surface area contributed by atoms with Gasteiger partial charge in [-0.05, 0) is 32.1 Å². The monoisotopic (exact) mass is 264 g/mol. The minimum Gasteiger partial charge on any atom is -0.339 e. The Bertz CT molecular complexity index is 444. The van der Waals surface area contributed by atoms with Crippen molar-refractivity contribution in [3.05, 3.63) is 17.5 Å². The third kappa shape index (κ3) is 2.97. The summed E-state index contributed by atoms with van der Waals surface area (Å²) in [5.41, 5.74) is 7.58. The maximum absolute atomic E-state index is 12.5. The molecule has 1 atom stereocenters. The number of carbonyl (C=O) groups is 1. The molecule has 0 aliphatic carbocycles. The molecule has 5 nitrogen and oxygen atoms in total. The molecule has 2 N–H and O–H groups in total. The van der Waals surface area contributed by atoms with Gasteiger partial charge in [0.2, 0.25) is 0 Å². The molecule has 19 heavy (non-hydrogen) atoms. The second-order valence-electron chi connectivity index (χ2n) is 5.51. The first-order chi connectivity index (χ1) is 9.02. The highest BCUT2D eigenvalue weighted by molar-refractivity contribution is 5.95. The van der Waals surface area contributed by atoms with Crippen molar-refractivity contribution in [3.63, 3.8) is 0 Å². The molecule has 106 valence electrons. The van der Waals surface area contributed by atoms with Gasteiger partial charge in [-0.25, -0.2) is 0 Å². The van der Waals surface area contributed by atoms with Crippen LogP contribution in [0.3, 0.4) is 0 Å². The van der Waals surface area contributed by atoms with Crippen LogP contribution in [0.1, 0.15) is 42.7 Å². The van der Waals surface area contributed by atoms with Gasteiger partial charge in [-0.15, -0.1) is 0 Å². The number of hydrogen-bond donors (Lipinski definition) is 1. The van der Waals surface area contributed by atoms with Crippen LogP contribution >= 0.6 is 0 Å². The maximum Gasteiger partial charge on any atom is 0.257 e. The minimum absolute atomic E-state index is 0.119. The summed E-state index contributed by atoms with van der Waals surface area (Å²) >= 11 is 0. The van der Waals surface area contributed by atoms with E-state index in [2.05, 4.69) is 12.0 Å². The van der Waals surface area contributed by atoms with E-state index in [1.54, 1.807) is 4.68 Å². The highest BCUT2D eigenvalue weighted by atomic mass is 16.2. The van der Waals surface area contributed by atoms with Crippen molar-refractivity contribution in [2.75, 3.05) is 13.1 Å². The standard InChI is InChI=1S/C14H24N4O/c1-4-13-12(9-17(3)16-13)14(19)18-7-5-11(6-8-18)10(2)15/h9-11H,4-8,15H2,1-3H3. The smallest absolute Gasteiger partial charge is 0.257 e. The number of amides is 1. The fourth-order valence-electron chi connectivity index (χ4n) is 2.77. The number of nitrogens with two attached hydrogens (primary N) is 1. The van der Waals surface area contributed by atoms with Gasteiger partial charge in [0.05, 0.1) is 11.3 Å². The van der Waals surface area contributed by atoms with Crippen LogP contribution in [0, 0.1) is 5.92 Å². The van der Waals surface area contributed by atoms with Gasteiger partial charge in [-0.1, -0.05) is 6.92 Å². The normalized spacial score (nSPS) is 18.6. The zero-order valence-corrected chi connectivity index (χ0v) is 12.1. The van der Waals surface area contributed by atoms with Gasteiger partial charge >= 0.3 is 0 Å². The summed E-state index contributed by atoms with van der Waals surface area (Å²) in [6.07, 6.45) is 4.63. The van der Waals surface area contributed by atoms with Crippen LogP contribution in [0.15, 0.2) is 6.20 Å². The Morgan fingerprint density at radius 3 is 2.68 bits per heavy atom. The summed E-state index contributed by atoms with van der Waals surface area (Å²) in [4.78, 5) is 14.5. The number of carbonyl (C=O) groups excluding carboxylic acids is 1. The predicted molar refractivity (Wildman–Crippen MR) is 74.9 cm³/mol. The number of nitrogens with zero attached hydrogens (tertiary/aromatic N) is 3. The molecule has 2 rings (SSSR count). The lowest BCUT2D eigenvalue weighted by Gasteiger charge is -2.33. The lowest BCUT2D eigenvalue weighted by molar-refractivity contribution is 0.0680. The molecular formula is C14H24N4O. The van der Waals surface area contributed by atoms with Gasteiger partial charge in [0, 0.05) is 32.4 Å². The molecule has 1 aliphatic heterocycles. The van der Waals surface area contributed by atoms with Crippen LogP contribution in [-0.4, -0.2) is 39.7 Å². The van der Waals surface area contributed by atoms with Gasteiger partial charge in [-0.3, -0.25) is 9.48 Å². The highest BCUT2D eigenvalue weighted by Gasteiger charge is 2.27. The molecule has 0 saturated carbocycles. The predicted octanol–water partition coefficient (Wildman–Crippen LogP) is 1.18. The Kier molecular flexibility index (Phi) is 4.24. The highest BCUT2D eigenvalue weighted by Crippen LogP contribution is 2.21. The van der Waals surface area contributed by atoms with E-state index in [1.165, 1.54) is 0 Å². The van der Waals surface area contributed by atoms with Gasteiger partial charge in [0.25, 0.3) is 5.91 Å². The van der Waals surface area contributed by atoms with Gasteiger partial charge in [0.1, 0.15) is 0 Å². The fourth-order valence-corrected chi connectivity index (χ4v) is 2.77. The van der Waals surface area contributed by atoms with E-state index in [4.69, 9.17) is 5.73 Å². The Balaban J connectivity index is 2.05. The zero-order chi connectivity index (χ0) is 14.0. The number of hydrogen-bond acceptors (Lipinski definition) is 3. The van der Waals surface area contributed by atoms with Crippen molar-refractivity contribution >= 4 is 5.91 Å². The van der Waals surface area contributed by atoms with Gasteiger partial charge < -0.3 is 10.6 Å². The van der Waals surface area contributed by atoms with E-state index >= 15 is 0 Å². The van der Waals surface area contributed by atoms with Crippen LogP contribution in [-0.2, 0) is 13.5 Å².